The molecule has 1 heterocycles. The fourth-order valence-corrected chi connectivity index (χ4v) is 1.62. The first kappa shape index (κ1) is 10.0. The molecule has 1 aliphatic rings. The zero-order valence-electron chi connectivity index (χ0n) is 8.55. The van der Waals surface area contributed by atoms with Gasteiger partial charge in [-0.15, -0.1) is 0 Å². The van der Waals surface area contributed by atoms with Crippen LogP contribution in [0.3, 0.4) is 0 Å². The van der Waals surface area contributed by atoms with Crippen molar-refractivity contribution >= 4 is 11.8 Å². The van der Waals surface area contributed by atoms with E-state index in [1.807, 2.05) is 6.92 Å². The molecule has 0 aliphatic carbocycles. The Balaban J connectivity index is 2.98. The number of piperazine rings is 1. The largest absolute Gasteiger partial charge is 0.343 e. The van der Waals surface area contributed by atoms with Crippen molar-refractivity contribution in [2.75, 3.05) is 6.54 Å². The molecule has 4 nitrogen and oxygen atoms in total. The Kier molecular flexibility index (Phi) is 2.32. The summed E-state index contributed by atoms with van der Waals surface area (Å²) >= 11 is 0. The molecule has 0 aromatic carbocycles. The Hall–Kier alpha value is -1.06. The summed E-state index contributed by atoms with van der Waals surface area (Å²) in [6, 6.07) is -0.388. The van der Waals surface area contributed by atoms with Crippen LogP contribution in [0.25, 0.3) is 0 Å². The van der Waals surface area contributed by atoms with Crippen LogP contribution >= 0.6 is 0 Å². The van der Waals surface area contributed by atoms with Gasteiger partial charge < -0.3 is 10.2 Å². The zero-order chi connectivity index (χ0) is 10.2. The van der Waals surface area contributed by atoms with Crippen LogP contribution in [0.2, 0.25) is 0 Å². The van der Waals surface area contributed by atoms with Crippen molar-refractivity contribution < 1.29 is 9.59 Å². The number of nitrogens with zero attached hydrogens (tertiary/aromatic N) is 1. The number of hydrogen-bond acceptors (Lipinski definition) is 2. The van der Waals surface area contributed by atoms with Crippen LogP contribution in [0.1, 0.15) is 27.7 Å². The van der Waals surface area contributed by atoms with Gasteiger partial charge >= 0.3 is 0 Å². The molecule has 1 fully saturated rings. The maximum atomic E-state index is 11.6. The van der Waals surface area contributed by atoms with Crippen LogP contribution in [-0.2, 0) is 9.59 Å². The first-order valence-electron chi connectivity index (χ1n) is 4.53. The van der Waals surface area contributed by atoms with E-state index >= 15 is 0 Å². The van der Waals surface area contributed by atoms with Crippen molar-refractivity contribution in [2.24, 2.45) is 0 Å². The number of carbonyl (C=O) groups excluding carboxylic acids is 2. The molecular weight excluding hydrogens is 168 g/mol. The predicted octanol–water partition coefficient (Wildman–Crippen LogP) is 0.132. The van der Waals surface area contributed by atoms with Gasteiger partial charge in [-0.25, -0.2) is 0 Å². The Morgan fingerprint density at radius 2 is 2.00 bits per heavy atom. The maximum Gasteiger partial charge on any atom is 0.246 e. The van der Waals surface area contributed by atoms with E-state index in [0.29, 0.717) is 6.54 Å². The monoisotopic (exact) mass is 184 g/mol. The van der Waals surface area contributed by atoms with E-state index in [1.165, 1.54) is 0 Å². The van der Waals surface area contributed by atoms with E-state index in [0.717, 1.165) is 0 Å². The molecule has 2 amide bonds. The quantitative estimate of drug-likeness (QED) is 0.630. The van der Waals surface area contributed by atoms with Crippen molar-refractivity contribution in [3.05, 3.63) is 0 Å². The van der Waals surface area contributed by atoms with Crippen molar-refractivity contribution in [3.8, 4) is 0 Å². The van der Waals surface area contributed by atoms with Gasteiger partial charge in [-0.1, -0.05) is 0 Å². The van der Waals surface area contributed by atoms with Crippen molar-refractivity contribution in [1.29, 1.82) is 0 Å². The third kappa shape index (κ3) is 1.41. The summed E-state index contributed by atoms with van der Waals surface area (Å²) in [5.74, 6) is -0.0893. The molecule has 0 saturated carbocycles. The molecule has 4 heteroatoms. The van der Waals surface area contributed by atoms with Crippen LogP contribution in [-0.4, -0.2) is 34.8 Å². The van der Waals surface area contributed by atoms with Gasteiger partial charge in [0.15, 0.2) is 0 Å². The highest BCUT2D eigenvalue weighted by molar-refractivity contribution is 5.99. The molecule has 0 aromatic rings. The lowest BCUT2D eigenvalue weighted by atomic mass is 9.96. The minimum atomic E-state index is -0.710. The molecule has 0 aromatic heterocycles. The highest BCUT2D eigenvalue weighted by Crippen LogP contribution is 2.19. The minimum Gasteiger partial charge on any atom is -0.343 e. The SMILES string of the molecule is CCN1C(=O)C(C)NC(=O)C1(C)C. The Morgan fingerprint density at radius 3 is 2.46 bits per heavy atom. The first-order chi connectivity index (χ1) is 5.91. The lowest BCUT2D eigenvalue weighted by Crippen LogP contribution is -2.67. The lowest BCUT2D eigenvalue weighted by Gasteiger charge is -2.42. The van der Waals surface area contributed by atoms with Gasteiger partial charge in [0.1, 0.15) is 11.6 Å². The Bertz CT molecular complexity index is 248. The van der Waals surface area contributed by atoms with Crippen molar-refractivity contribution in [1.82, 2.24) is 10.2 Å². The predicted molar refractivity (Wildman–Crippen MR) is 49.1 cm³/mol. The van der Waals surface area contributed by atoms with Gasteiger partial charge in [-0.05, 0) is 27.7 Å². The van der Waals surface area contributed by atoms with E-state index in [1.54, 1.807) is 25.7 Å². The number of carbonyl (C=O) groups is 2. The third-order valence-electron chi connectivity index (χ3n) is 2.53. The molecule has 0 bridgehead atoms. The molecule has 1 rings (SSSR count). The van der Waals surface area contributed by atoms with Crippen LogP contribution in [0.15, 0.2) is 0 Å². The van der Waals surface area contributed by atoms with Crippen LogP contribution in [0.4, 0.5) is 0 Å². The molecular formula is C9H16N2O2. The van der Waals surface area contributed by atoms with E-state index in [4.69, 9.17) is 0 Å². The zero-order valence-corrected chi connectivity index (χ0v) is 8.55. The molecule has 1 aliphatic heterocycles. The van der Waals surface area contributed by atoms with Gasteiger partial charge in [0, 0.05) is 6.54 Å². The smallest absolute Gasteiger partial charge is 0.246 e. The highest BCUT2D eigenvalue weighted by Gasteiger charge is 2.43. The van der Waals surface area contributed by atoms with E-state index in [2.05, 4.69) is 5.32 Å². The average Bonchev–Trinajstić information content (AvgIpc) is 2.02. The van der Waals surface area contributed by atoms with Gasteiger partial charge in [0.25, 0.3) is 0 Å². The molecule has 0 spiro atoms. The standard InChI is InChI=1S/C9H16N2O2/c1-5-11-7(12)6(2)10-8(13)9(11,3)4/h6H,5H2,1-4H3,(H,10,13). The molecule has 1 N–H and O–H groups in total. The van der Waals surface area contributed by atoms with Crippen molar-refractivity contribution in [2.45, 2.75) is 39.3 Å². The third-order valence-corrected chi connectivity index (χ3v) is 2.53. The Morgan fingerprint density at radius 1 is 1.46 bits per heavy atom. The van der Waals surface area contributed by atoms with Gasteiger partial charge in [0.05, 0.1) is 0 Å². The van der Waals surface area contributed by atoms with Crippen LogP contribution < -0.4 is 5.32 Å². The second-order valence-electron chi connectivity index (χ2n) is 3.84. The topological polar surface area (TPSA) is 49.4 Å². The molecule has 13 heavy (non-hydrogen) atoms. The molecule has 74 valence electrons. The van der Waals surface area contributed by atoms with E-state index in [9.17, 15) is 9.59 Å². The number of nitrogens with one attached hydrogen (secondary N) is 1. The van der Waals surface area contributed by atoms with E-state index < -0.39 is 5.54 Å². The second-order valence-corrected chi connectivity index (χ2v) is 3.84. The Labute approximate surface area is 78.3 Å². The molecule has 1 unspecified atom stereocenters. The van der Waals surface area contributed by atoms with E-state index in [-0.39, 0.29) is 17.9 Å². The van der Waals surface area contributed by atoms with Crippen molar-refractivity contribution in [3.63, 3.8) is 0 Å². The molecule has 0 radical (unpaired) electrons. The summed E-state index contributed by atoms with van der Waals surface area (Å²) in [5, 5.41) is 2.65. The number of amides is 2. The number of hydrogen-bond donors (Lipinski definition) is 1. The summed E-state index contributed by atoms with van der Waals surface area (Å²) < 4.78 is 0. The second kappa shape index (κ2) is 3.01. The van der Waals surface area contributed by atoms with Gasteiger partial charge in [-0.3, -0.25) is 9.59 Å². The fraction of sp³-hybridized carbons (Fsp3) is 0.778. The summed E-state index contributed by atoms with van der Waals surface area (Å²) in [6.45, 7) is 7.68. The first-order valence-corrected chi connectivity index (χ1v) is 4.53. The average molecular weight is 184 g/mol. The van der Waals surface area contributed by atoms with Crippen LogP contribution in [0, 0.1) is 0 Å². The minimum absolute atomic E-state index is 0.00731. The fourth-order valence-electron chi connectivity index (χ4n) is 1.62. The number of rotatable bonds is 1. The molecule has 1 atom stereocenters. The number of likely N-dealkylation sites (N-methyl/N-ethyl adjacent to an activating group) is 1. The molecule has 1 saturated heterocycles. The summed E-state index contributed by atoms with van der Waals surface area (Å²) in [7, 11) is 0. The van der Waals surface area contributed by atoms with Crippen LogP contribution in [0.5, 0.6) is 0 Å². The lowest BCUT2D eigenvalue weighted by molar-refractivity contribution is -0.154. The normalized spacial score (nSPS) is 27.4. The highest BCUT2D eigenvalue weighted by atomic mass is 16.2. The van der Waals surface area contributed by atoms with Gasteiger partial charge in [-0.2, -0.15) is 0 Å². The van der Waals surface area contributed by atoms with Gasteiger partial charge in [0.2, 0.25) is 11.8 Å². The summed E-state index contributed by atoms with van der Waals surface area (Å²) in [4.78, 5) is 24.8. The maximum absolute atomic E-state index is 11.6. The summed E-state index contributed by atoms with van der Waals surface area (Å²) in [5.41, 5.74) is -0.710. The summed E-state index contributed by atoms with van der Waals surface area (Å²) in [6.07, 6.45) is 0.